The Morgan fingerprint density at radius 1 is 1.46 bits per heavy atom. The van der Waals surface area contributed by atoms with Crippen LogP contribution in [0.1, 0.15) is 19.8 Å². The summed E-state index contributed by atoms with van der Waals surface area (Å²) >= 11 is 0. The quantitative estimate of drug-likeness (QED) is 0.693. The van der Waals surface area contributed by atoms with E-state index in [2.05, 4.69) is 12.2 Å². The molecular formula is C10H17NO2. The molecule has 1 saturated heterocycles. The summed E-state index contributed by atoms with van der Waals surface area (Å²) in [5.41, 5.74) is 0. The number of Topliss-reactive ketones (excluding diaryl/α,β-unsaturated/α-hetero) is 1. The van der Waals surface area contributed by atoms with E-state index in [4.69, 9.17) is 4.74 Å². The van der Waals surface area contributed by atoms with Crippen LogP contribution >= 0.6 is 0 Å². The predicted molar refractivity (Wildman–Crippen MR) is 49.5 cm³/mol. The molecule has 1 heterocycles. The summed E-state index contributed by atoms with van der Waals surface area (Å²) in [6.45, 7) is 4.32. The van der Waals surface area contributed by atoms with E-state index in [-0.39, 0.29) is 12.0 Å². The van der Waals surface area contributed by atoms with Crippen LogP contribution in [-0.4, -0.2) is 31.6 Å². The van der Waals surface area contributed by atoms with Gasteiger partial charge in [0.15, 0.2) is 0 Å². The lowest BCUT2D eigenvalue weighted by atomic mass is 9.95. The number of rotatable bonds is 4. The maximum Gasteiger partial charge on any atom is 0.142 e. The highest BCUT2D eigenvalue weighted by molar-refractivity contribution is 5.86. The number of ketones is 1. The van der Waals surface area contributed by atoms with Crippen molar-refractivity contribution in [3.63, 3.8) is 0 Å². The Kier molecular flexibility index (Phi) is 2.65. The average Bonchev–Trinajstić information content (AvgIpc) is 2.87. The van der Waals surface area contributed by atoms with Crippen molar-refractivity contribution in [1.29, 1.82) is 0 Å². The Morgan fingerprint density at radius 2 is 2.23 bits per heavy atom. The fraction of sp³-hybridized carbons (Fsp3) is 0.900. The van der Waals surface area contributed by atoms with Crippen LogP contribution in [0, 0.1) is 11.8 Å². The molecule has 74 valence electrons. The molecule has 3 heteroatoms. The second kappa shape index (κ2) is 3.76. The van der Waals surface area contributed by atoms with Crippen molar-refractivity contribution in [3.8, 4) is 0 Å². The average molecular weight is 183 g/mol. The molecule has 13 heavy (non-hydrogen) atoms. The topological polar surface area (TPSA) is 38.3 Å². The summed E-state index contributed by atoms with van der Waals surface area (Å²) in [6, 6.07) is 0.276. The van der Waals surface area contributed by atoms with Gasteiger partial charge in [0, 0.05) is 12.0 Å². The van der Waals surface area contributed by atoms with Crippen molar-refractivity contribution in [2.24, 2.45) is 11.8 Å². The summed E-state index contributed by atoms with van der Waals surface area (Å²) in [6.07, 6.45) is 2.21. The molecule has 1 aliphatic heterocycles. The lowest BCUT2D eigenvalue weighted by molar-refractivity contribution is -0.124. The second-order valence-corrected chi connectivity index (χ2v) is 3.98. The lowest BCUT2D eigenvalue weighted by Crippen LogP contribution is -2.39. The largest absolute Gasteiger partial charge is 0.379 e. The zero-order valence-electron chi connectivity index (χ0n) is 8.08. The van der Waals surface area contributed by atoms with E-state index in [0.717, 1.165) is 19.4 Å². The molecule has 0 aromatic carbocycles. The first-order chi connectivity index (χ1) is 6.33. The van der Waals surface area contributed by atoms with Crippen LogP contribution in [0.15, 0.2) is 0 Å². The number of nitrogens with one attached hydrogen (secondary N) is 1. The molecule has 0 bridgehead atoms. The highest BCUT2D eigenvalue weighted by Gasteiger charge is 2.40. The van der Waals surface area contributed by atoms with Crippen LogP contribution in [0.2, 0.25) is 0 Å². The summed E-state index contributed by atoms with van der Waals surface area (Å²) < 4.78 is 5.34. The number of likely N-dealkylation sites (N-methyl/N-ethyl adjacent to an activating group) is 1. The third-order valence-corrected chi connectivity index (χ3v) is 2.89. The minimum Gasteiger partial charge on any atom is -0.379 e. The van der Waals surface area contributed by atoms with Crippen molar-refractivity contribution in [3.05, 3.63) is 0 Å². The third-order valence-electron chi connectivity index (χ3n) is 2.89. The van der Waals surface area contributed by atoms with Crippen LogP contribution in [0.5, 0.6) is 0 Å². The van der Waals surface area contributed by atoms with Gasteiger partial charge in [-0.25, -0.2) is 0 Å². The van der Waals surface area contributed by atoms with Gasteiger partial charge in [0.25, 0.3) is 0 Å². The normalized spacial score (nSPS) is 33.6. The Balaban J connectivity index is 1.91. The number of hydrogen-bond acceptors (Lipinski definition) is 3. The van der Waals surface area contributed by atoms with E-state index in [1.54, 1.807) is 0 Å². The van der Waals surface area contributed by atoms with E-state index in [1.165, 1.54) is 0 Å². The highest BCUT2D eigenvalue weighted by Crippen LogP contribution is 2.34. The van der Waals surface area contributed by atoms with E-state index < -0.39 is 0 Å². The van der Waals surface area contributed by atoms with Gasteiger partial charge in [-0.3, -0.25) is 4.79 Å². The standard InChI is InChI=1S/C10H17NO2/c1-2-11-9-6-13-5-8(9)10(12)7-3-4-7/h7-9,11H,2-6H2,1H3. The zero-order chi connectivity index (χ0) is 9.26. The molecule has 1 N–H and O–H groups in total. The number of carbonyl (C=O) groups excluding carboxylic acids is 1. The van der Waals surface area contributed by atoms with Crippen molar-refractivity contribution in [1.82, 2.24) is 5.32 Å². The second-order valence-electron chi connectivity index (χ2n) is 3.98. The molecule has 2 unspecified atom stereocenters. The highest BCUT2D eigenvalue weighted by atomic mass is 16.5. The molecule has 2 fully saturated rings. The third kappa shape index (κ3) is 1.92. The molecule has 3 nitrogen and oxygen atoms in total. The first-order valence-corrected chi connectivity index (χ1v) is 5.17. The summed E-state index contributed by atoms with van der Waals surface area (Å²) in [4.78, 5) is 11.8. The van der Waals surface area contributed by atoms with Gasteiger partial charge >= 0.3 is 0 Å². The number of hydrogen-bond donors (Lipinski definition) is 1. The van der Waals surface area contributed by atoms with Gasteiger partial charge in [0.05, 0.1) is 19.1 Å². The fourth-order valence-electron chi connectivity index (χ4n) is 1.97. The first-order valence-electron chi connectivity index (χ1n) is 5.17. The Hall–Kier alpha value is -0.410. The van der Waals surface area contributed by atoms with Crippen LogP contribution < -0.4 is 5.32 Å². The minimum absolute atomic E-state index is 0.132. The van der Waals surface area contributed by atoms with Gasteiger partial charge in [-0.1, -0.05) is 6.92 Å². The maximum atomic E-state index is 11.8. The van der Waals surface area contributed by atoms with Crippen molar-refractivity contribution in [2.75, 3.05) is 19.8 Å². The molecule has 0 aromatic rings. The molecule has 0 aromatic heterocycles. The molecule has 0 radical (unpaired) electrons. The van der Waals surface area contributed by atoms with Crippen LogP contribution in [-0.2, 0) is 9.53 Å². The van der Waals surface area contributed by atoms with Gasteiger partial charge in [-0.2, -0.15) is 0 Å². The number of ether oxygens (including phenoxy) is 1. The van der Waals surface area contributed by atoms with Crippen LogP contribution in [0.3, 0.4) is 0 Å². The van der Waals surface area contributed by atoms with Crippen molar-refractivity contribution in [2.45, 2.75) is 25.8 Å². The molecule has 0 amide bonds. The van der Waals surface area contributed by atoms with Gasteiger partial charge in [0.1, 0.15) is 5.78 Å². The molecule has 2 rings (SSSR count). The summed E-state index contributed by atoms with van der Waals surface area (Å²) in [5.74, 6) is 0.934. The minimum atomic E-state index is 0.132. The Labute approximate surface area is 78.8 Å². The fourth-order valence-corrected chi connectivity index (χ4v) is 1.97. The molecule has 2 atom stereocenters. The smallest absolute Gasteiger partial charge is 0.142 e. The van der Waals surface area contributed by atoms with Gasteiger partial charge < -0.3 is 10.1 Å². The summed E-state index contributed by atoms with van der Waals surface area (Å²) in [7, 11) is 0. The lowest BCUT2D eigenvalue weighted by Gasteiger charge is -2.16. The first kappa shape index (κ1) is 9.16. The van der Waals surface area contributed by atoms with E-state index >= 15 is 0 Å². The Morgan fingerprint density at radius 3 is 2.85 bits per heavy atom. The van der Waals surface area contributed by atoms with Crippen molar-refractivity contribution >= 4 is 5.78 Å². The Bertz CT molecular complexity index is 201. The molecular weight excluding hydrogens is 166 g/mol. The van der Waals surface area contributed by atoms with Gasteiger partial charge in [-0.05, 0) is 19.4 Å². The zero-order valence-corrected chi connectivity index (χ0v) is 8.08. The molecule has 0 spiro atoms. The van der Waals surface area contributed by atoms with E-state index in [0.29, 0.717) is 24.9 Å². The molecule has 1 aliphatic carbocycles. The SMILES string of the molecule is CCNC1COCC1C(=O)C1CC1. The maximum absolute atomic E-state index is 11.8. The molecule has 2 aliphatic rings. The van der Waals surface area contributed by atoms with Crippen molar-refractivity contribution < 1.29 is 9.53 Å². The van der Waals surface area contributed by atoms with Gasteiger partial charge in [0.2, 0.25) is 0 Å². The summed E-state index contributed by atoms with van der Waals surface area (Å²) in [5, 5.41) is 3.31. The number of carbonyl (C=O) groups is 1. The molecule has 1 saturated carbocycles. The monoisotopic (exact) mass is 183 g/mol. The van der Waals surface area contributed by atoms with Crippen LogP contribution in [0.25, 0.3) is 0 Å². The van der Waals surface area contributed by atoms with Gasteiger partial charge in [-0.15, -0.1) is 0 Å². The van der Waals surface area contributed by atoms with E-state index in [9.17, 15) is 4.79 Å². The van der Waals surface area contributed by atoms with E-state index in [1.807, 2.05) is 0 Å². The predicted octanol–water partition coefficient (Wildman–Crippen LogP) is 0.590. The van der Waals surface area contributed by atoms with Crippen LogP contribution in [0.4, 0.5) is 0 Å².